The number of carbonyl (C=O) groups excluding carboxylic acids is 3. The van der Waals surface area contributed by atoms with Crippen LogP contribution in [0.25, 0.3) is 5.69 Å². The van der Waals surface area contributed by atoms with Gasteiger partial charge in [-0.05, 0) is 68.8 Å². The second kappa shape index (κ2) is 9.92. The Morgan fingerprint density at radius 3 is 2.39 bits per heavy atom. The maximum Gasteiger partial charge on any atom is 0.338 e. The van der Waals surface area contributed by atoms with Gasteiger partial charge in [0.25, 0.3) is 0 Å². The van der Waals surface area contributed by atoms with E-state index in [2.05, 4.69) is 5.32 Å². The number of ether oxygens (including phenoxy) is 1. The number of anilines is 1. The lowest BCUT2D eigenvalue weighted by molar-refractivity contribution is -0.115. The Balaban J connectivity index is 1.67. The van der Waals surface area contributed by atoms with Crippen molar-refractivity contribution in [3.63, 3.8) is 0 Å². The van der Waals surface area contributed by atoms with Crippen LogP contribution < -0.4 is 5.32 Å². The van der Waals surface area contributed by atoms with Crippen molar-refractivity contribution in [2.75, 3.05) is 11.9 Å². The highest BCUT2D eigenvalue weighted by Crippen LogP contribution is 2.23. The number of ketones is 1. The minimum atomic E-state index is -0.687. The first kappa shape index (κ1) is 23.4. The molecule has 0 aliphatic heterocycles. The van der Waals surface area contributed by atoms with E-state index < -0.39 is 18.5 Å². The van der Waals surface area contributed by atoms with E-state index in [1.54, 1.807) is 42.7 Å². The van der Waals surface area contributed by atoms with Gasteiger partial charge in [0.05, 0.1) is 11.6 Å². The number of halogens is 1. The Morgan fingerprint density at radius 2 is 1.76 bits per heavy atom. The smallest absolute Gasteiger partial charge is 0.338 e. The minimum absolute atomic E-state index is 0.210. The quantitative estimate of drug-likeness (QED) is 0.426. The van der Waals surface area contributed by atoms with Crippen LogP contribution in [0.2, 0.25) is 0 Å². The van der Waals surface area contributed by atoms with Crippen molar-refractivity contribution in [2.24, 2.45) is 0 Å². The van der Waals surface area contributed by atoms with Crippen LogP contribution in [0.15, 0.2) is 48.5 Å². The van der Waals surface area contributed by atoms with Gasteiger partial charge >= 0.3 is 5.97 Å². The topological polar surface area (TPSA) is 101 Å². The van der Waals surface area contributed by atoms with E-state index in [1.807, 2.05) is 6.92 Å². The monoisotopic (exact) mass is 447 g/mol. The Bertz CT molecular complexity index is 1270. The third-order valence-corrected chi connectivity index (χ3v) is 5.12. The molecule has 0 aliphatic rings. The molecule has 0 saturated heterocycles. The van der Waals surface area contributed by atoms with E-state index in [9.17, 15) is 18.8 Å². The number of aryl methyl sites for hydroxylation is 2. The summed E-state index contributed by atoms with van der Waals surface area (Å²) in [6.45, 7) is 4.78. The highest BCUT2D eigenvalue weighted by atomic mass is 19.1. The SMILES string of the molecule is Cc1ccc(-n2c(C)cc(C(=O)COC(=O)c3ccc(NC(=O)CC#N)cc3)c2C)cc1F. The van der Waals surface area contributed by atoms with Gasteiger partial charge in [0.1, 0.15) is 12.2 Å². The number of carbonyl (C=O) groups is 3. The molecule has 2 aromatic carbocycles. The number of rotatable bonds is 7. The molecule has 0 aliphatic carbocycles. The van der Waals surface area contributed by atoms with Crippen LogP contribution in [0.3, 0.4) is 0 Å². The van der Waals surface area contributed by atoms with Gasteiger partial charge in [-0.2, -0.15) is 5.26 Å². The van der Waals surface area contributed by atoms with Crippen molar-refractivity contribution < 1.29 is 23.5 Å². The lowest BCUT2D eigenvalue weighted by Gasteiger charge is -2.11. The van der Waals surface area contributed by atoms with Gasteiger partial charge in [-0.15, -0.1) is 0 Å². The third-order valence-electron chi connectivity index (χ3n) is 5.12. The van der Waals surface area contributed by atoms with Crippen LogP contribution in [0.1, 0.15) is 44.1 Å². The zero-order valence-electron chi connectivity index (χ0n) is 18.4. The first-order valence-electron chi connectivity index (χ1n) is 10.1. The van der Waals surface area contributed by atoms with Crippen LogP contribution in [-0.2, 0) is 9.53 Å². The van der Waals surface area contributed by atoms with Gasteiger partial charge in [-0.3, -0.25) is 9.59 Å². The zero-order chi connectivity index (χ0) is 24.1. The average Bonchev–Trinajstić information content (AvgIpc) is 3.08. The fraction of sp³-hybridized carbons (Fsp3) is 0.200. The predicted octanol–water partition coefficient (Wildman–Crippen LogP) is 4.43. The van der Waals surface area contributed by atoms with Crippen molar-refractivity contribution >= 4 is 23.3 Å². The Hall–Kier alpha value is -4.25. The number of benzene rings is 2. The van der Waals surface area contributed by atoms with E-state index in [4.69, 9.17) is 10.00 Å². The van der Waals surface area contributed by atoms with E-state index in [1.165, 1.54) is 30.3 Å². The van der Waals surface area contributed by atoms with Crippen molar-refractivity contribution in [2.45, 2.75) is 27.2 Å². The molecule has 8 heteroatoms. The first-order chi connectivity index (χ1) is 15.7. The van der Waals surface area contributed by atoms with Crippen LogP contribution in [0.5, 0.6) is 0 Å². The first-order valence-corrected chi connectivity index (χ1v) is 10.1. The van der Waals surface area contributed by atoms with Gasteiger partial charge in [-0.25, -0.2) is 9.18 Å². The number of esters is 1. The molecule has 0 bridgehead atoms. The van der Waals surface area contributed by atoms with Crippen LogP contribution in [-0.4, -0.2) is 28.8 Å². The predicted molar refractivity (Wildman–Crippen MR) is 120 cm³/mol. The number of hydrogen-bond acceptors (Lipinski definition) is 5. The summed E-state index contributed by atoms with van der Waals surface area (Å²) in [7, 11) is 0. The highest BCUT2D eigenvalue weighted by Gasteiger charge is 2.19. The van der Waals surface area contributed by atoms with Crippen LogP contribution >= 0.6 is 0 Å². The fourth-order valence-corrected chi connectivity index (χ4v) is 3.42. The zero-order valence-corrected chi connectivity index (χ0v) is 18.4. The molecule has 168 valence electrons. The van der Waals surface area contributed by atoms with Gasteiger partial charge < -0.3 is 14.6 Å². The minimum Gasteiger partial charge on any atom is -0.454 e. The second-order valence-corrected chi connectivity index (χ2v) is 7.51. The molecule has 3 aromatic rings. The van der Waals surface area contributed by atoms with Crippen molar-refractivity contribution in [3.05, 3.63) is 82.4 Å². The van der Waals surface area contributed by atoms with E-state index >= 15 is 0 Å². The molecular weight excluding hydrogens is 425 g/mol. The summed E-state index contributed by atoms with van der Waals surface area (Å²) in [5, 5.41) is 11.0. The van der Waals surface area contributed by atoms with Gasteiger partial charge in [0.2, 0.25) is 11.7 Å². The third kappa shape index (κ3) is 5.33. The van der Waals surface area contributed by atoms with Crippen LogP contribution in [0, 0.1) is 37.9 Å². The summed E-state index contributed by atoms with van der Waals surface area (Å²) in [5.41, 5.74) is 3.53. The molecule has 1 N–H and O–H groups in total. The summed E-state index contributed by atoms with van der Waals surface area (Å²) < 4.78 is 21.0. The number of amides is 1. The number of aromatic nitrogens is 1. The molecule has 0 fully saturated rings. The van der Waals surface area contributed by atoms with Gasteiger partial charge in [-0.1, -0.05) is 6.07 Å². The Kier molecular flexibility index (Phi) is 7.04. The molecule has 33 heavy (non-hydrogen) atoms. The highest BCUT2D eigenvalue weighted by molar-refractivity contribution is 6.00. The standard InChI is InChI=1S/C25H22FN3O4/c1-15-4-9-20(13-22(15)26)29-16(2)12-21(17(29)3)23(30)14-33-25(32)18-5-7-19(8-6-18)28-24(31)10-11-27/h4-9,12-13H,10,14H2,1-3H3,(H,28,31). The number of hydrogen-bond donors (Lipinski definition) is 1. The maximum atomic E-state index is 14.0. The Morgan fingerprint density at radius 1 is 1.06 bits per heavy atom. The lowest BCUT2D eigenvalue weighted by Crippen LogP contribution is -2.15. The molecule has 0 unspecified atom stereocenters. The fourth-order valence-electron chi connectivity index (χ4n) is 3.42. The summed E-state index contributed by atoms with van der Waals surface area (Å²) in [4.78, 5) is 36.5. The molecule has 7 nitrogen and oxygen atoms in total. The Labute approximate surface area is 190 Å². The summed E-state index contributed by atoms with van der Waals surface area (Å²) in [6, 6.07) is 14.2. The maximum absolute atomic E-state index is 14.0. The molecule has 1 heterocycles. The largest absolute Gasteiger partial charge is 0.454 e. The van der Waals surface area contributed by atoms with Gasteiger partial charge in [0.15, 0.2) is 6.61 Å². The molecular formula is C25H22FN3O4. The number of nitrogens with zero attached hydrogens (tertiary/aromatic N) is 2. The van der Waals surface area contributed by atoms with Crippen LogP contribution in [0.4, 0.5) is 10.1 Å². The molecule has 0 saturated carbocycles. The summed E-state index contributed by atoms with van der Waals surface area (Å²) in [6.07, 6.45) is -0.272. The second-order valence-electron chi connectivity index (χ2n) is 7.51. The van der Waals surface area contributed by atoms with E-state index in [-0.39, 0.29) is 23.6 Å². The van der Waals surface area contributed by atoms with Gasteiger partial charge in [0, 0.05) is 28.3 Å². The number of nitriles is 1. The summed E-state index contributed by atoms with van der Waals surface area (Å²) >= 11 is 0. The molecule has 0 spiro atoms. The number of Topliss-reactive ketones (excluding diaryl/α,β-unsaturated/α-hetero) is 1. The van der Waals surface area contributed by atoms with Crippen molar-refractivity contribution in [1.29, 1.82) is 5.26 Å². The number of nitrogens with one attached hydrogen (secondary N) is 1. The summed E-state index contributed by atoms with van der Waals surface area (Å²) in [5.74, 6) is -1.86. The van der Waals surface area contributed by atoms with E-state index in [0.717, 1.165) is 5.69 Å². The molecule has 3 rings (SSSR count). The normalized spacial score (nSPS) is 10.4. The van der Waals surface area contributed by atoms with Crippen molar-refractivity contribution in [1.82, 2.24) is 4.57 Å². The molecule has 1 amide bonds. The van der Waals surface area contributed by atoms with Crippen molar-refractivity contribution in [3.8, 4) is 11.8 Å². The average molecular weight is 447 g/mol. The van der Waals surface area contributed by atoms with E-state index in [0.29, 0.717) is 28.2 Å². The molecule has 0 atom stereocenters. The lowest BCUT2D eigenvalue weighted by atomic mass is 10.1. The molecule has 0 radical (unpaired) electrons. The molecule has 1 aromatic heterocycles.